The topological polar surface area (TPSA) is 88.3 Å². The van der Waals surface area contributed by atoms with Crippen LogP contribution in [-0.4, -0.2) is 46.5 Å². The lowest BCUT2D eigenvalue weighted by atomic mass is 9.96. The molecule has 1 saturated heterocycles. The van der Waals surface area contributed by atoms with Crippen molar-refractivity contribution in [3.8, 4) is 11.4 Å². The van der Waals surface area contributed by atoms with E-state index in [9.17, 15) is 9.59 Å². The van der Waals surface area contributed by atoms with Crippen LogP contribution in [0.2, 0.25) is 0 Å². The first-order chi connectivity index (χ1) is 17.7. The number of amides is 2. The van der Waals surface area contributed by atoms with Gasteiger partial charge in [-0.3, -0.25) is 9.59 Å². The van der Waals surface area contributed by atoms with E-state index < -0.39 is 0 Å². The van der Waals surface area contributed by atoms with Gasteiger partial charge in [0.1, 0.15) is 0 Å². The molecule has 3 aromatic carbocycles. The number of nitrogens with one attached hydrogen (secondary N) is 1. The maximum Gasteiger partial charge on any atom is 0.253 e. The number of rotatable bonds is 7. The van der Waals surface area contributed by atoms with Crippen LogP contribution in [-0.2, 0) is 6.42 Å². The van der Waals surface area contributed by atoms with Gasteiger partial charge in [-0.05, 0) is 49.1 Å². The molecular weight excluding hydrogens is 452 g/mol. The van der Waals surface area contributed by atoms with Crippen molar-refractivity contribution in [2.75, 3.05) is 19.6 Å². The van der Waals surface area contributed by atoms with Crippen molar-refractivity contribution < 1.29 is 14.1 Å². The summed E-state index contributed by atoms with van der Waals surface area (Å²) in [7, 11) is 0. The standard InChI is InChI=1S/C29H28N4O3/c34-27(30-18-15-21-7-3-1-4-8-21)23-13-11-22(12-14-23)26-31-28(36-32-26)24-16-19-33(20-17-24)29(35)25-9-5-2-6-10-25/h1-14,24H,15-20H2,(H,30,34). The normalized spacial score (nSPS) is 13.9. The van der Waals surface area contributed by atoms with Crippen LogP contribution in [0.3, 0.4) is 0 Å². The van der Waals surface area contributed by atoms with Crippen LogP contribution in [0, 0.1) is 0 Å². The molecule has 1 N–H and O–H groups in total. The Bertz CT molecular complexity index is 1300. The molecule has 2 heterocycles. The Morgan fingerprint density at radius 1 is 0.861 bits per heavy atom. The minimum atomic E-state index is -0.108. The predicted octanol–water partition coefficient (Wildman–Crippen LogP) is 4.73. The third-order valence-corrected chi connectivity index (χ3v) is 6.54. The van der Waals surface area contributed by atoms with Crippen LogP contribution >= 0.6 is 0 Å². The van der Waals surface area contributed by atoms with E-state index in [1.807, 2.05) is 77.7 Å². The number of carbonyl (C=O) groups excluding carboxylic acids is 2. The number of hydrogen-bond donors (Lipinski definition) is 1. The third kappa shape index (κ3) is 5.51. The molecule has 0 radical (unpaired) electrons. The van der Waals surface area contributed by atoms with Crippen molar-refractivity contribution in [2.24, 2.45) is 0 Å². The Morgan fingerprint density at radius 2 is 1.53 bits per heavy atom. The van der Waals surface area contributed by atoms with Gasteiger partial charge in [-0.25, -0.2) is 0 Å². The fourth-order valence-electron chi connectivity index (χ4n) is 4.45. The first-order valence-corrected chi connectivity index (χ1v) is 12.3. The number of piperidine rings is 1. The summed E-state index contributed by atoms with van der Waals surface area (Å²) in [6, 6.07) is 26.6. The minimum absolute atomic E-state index is 0.0597. The van der Waals surface area contributed by atoms with Gasteiger partial charge >= 0.3 is 0 Å². The molecule has 0 bridgehead atoms. The zero-order valence-electron chi connectivity index (χ0n) is 20.0. The van der Waals surface area contributed by atoms with Crippen LogP contribution in [0.15, 0.2) is 89.5 Å². The van der Waals surface area contributed by atoms with E-state index in [1.54, 1.807) is 12.1 Å². The molecule has 1 fully saturated rings. The summed E-state index contributed by atoms with van der Waals surface area (Å²) in [6.45, 7) is 1.89. The zero-order chi connectivity index (χ0) is 24.7. The molecule has 2 amide bonds. The summed E-state index contributed by atoms with van der Waals surface area (Å²) in [5, 5.41) is 7.11. The first-order valence-electron chi connectivity index (χ1n) is 12.3. The van der Waals surface area contributed by atoms with Crippen LogP contribution in [0.1, 0.15) is 50.9 Å². The Hall–Kier alpha value is -4.26. The molecule has 1 aliphatic heterocycles. The molecule has 5 rings (SSSR count). The SMILES string of the molecule is O=C(NCCc1ccccc1)c1ccc(-c2noc(C3CCN(C(=O)c4ccccc4)CC3)n2)cc1. The quantitative estimate of drug-likeness (QED) is 0.413. The van der Waals surface area contributed by atoms with Crippen LogP contribution < -0.4 is 5.32 Å². The molecule has 1 aromatic heterocycles. The Kier molecular flexibility index (Phi) is 7.17. The first kappa shape index (κ1) is 23.5. The summed E-state index contributed by atoms with van der Waals surface area (Å²) in [6.07, 6.45) is 2.35. The van der Waals surface area contributed by atoms with Crippen molar-refractivity contribution in [3.05, 3.63) is 108 Å². The van der Waals surface area contributed by atoms with Crippen molar-refractivity contribution in [3.63, 3.8) is 0 Å². The van der Waals surface area contributed by atoms with E-state index in [-0.39, 0.29) is 17.7 Å². The van der Waals surface area contributed by atoms with Gasteiger partial charge in [0.05, 0.1) is 0 Å². The second kappa shape index (κ2) is 11.0. The van der Waals surface area contributed by atoms with Gasteiger partial charge in [0, 0.05) is 42.2 Å². The largest absolute Gasteiger partial charge is 0.352 e. The van der Waals surface area contributed by atoms with Crippen LogP contribution in [0.4, 0.5) is 0 Å². The van der Waals surface area contributed by atoms with Gasteiger partial charge in [0.15, 0.2) is 0 Å². The van der Waals surface area contributed by atoms with Crippen molar-refractivity contribution in [2.45, 2.75) is 25.2 Å². The number of benzene rings is 3. The van der Waals surface area contributed by atoms with Gasteiger partial charge in [-0.15, -0.1) is 0 Å². The average molecular weight is 481 g/mol. The van der Waals surface area contributed by atoms with E-state index in [4.69, 9.17) is 4.52 Å². The lowest BCUT2D eigenvalue weighted by Crippen LogP contribution is -2.37. The lowest BCUT2D eigenvalue weighted by Gasteiger charge is -2.30. The van der Waals surface area contributed by atoms with Crippen LogP contribution in [0.25, 0.3) is 11.4 Å². The number of aromatic nitrogens is 2. The van der Waals surface area contributed by atoms with Crippen molar-refractivity contribution in [1.82, 2.24) is 20.4 Å². The molecule has 36 heavy (non-hydrogen) atoms. The predicted molar refractivity (Wildman–Crippen MR) is 137 cm³/mol. The Morgan fingerprint density at radius 3 is 2.22 bits per heavy atom. The summed E-state index contributed by atoms with van der Waals surface area (Å²) in [4.78, 5) is 31.6. The monoisotopic (exact) mass is 480 g/mol. The molecule has 4 aromatic rings. The molecule has 7 heteroatoms. The highest BCUT2D eigenvalue weighted by Crippen LogP contribution is 2.29. The average Bonchev–Trinajstić information content (AvgIpc) is 3.44. The second-order valence-electron chi connectivity index (χ2n) is 8.96. The molecule has 182 valence electrons. The molecule has 0 saturated carbocycles. The zero-order valence-corrected chi connectivity index (χ0v) is 20.0. The van der Waals surface area contributed by atoms with Gasteiger partial charge in [0.25, 0.3) is 11.8 Å². The van der Waals surface area contributed by atoms with Crippen molar-refractivity contribution in [1.29, 1.82) is 0 Å². The number of nitrogens with zero attached hydrogens (tertiary/aromatic N) is 3. The number of carbonyl (C=O) groups is 2. The molecule has 1 aliphatic rings. The molecular formula is C29H28N4O3. The summed E-state index contributed by atoms with van der Waals surface area (Å²) in [5.74, 6) is 1.18. The number of likely N-dealkylation sites (tertiary alicyclic amines) is 1. The molecule has 0 unspecified atom stereocenters. The molecule has 7 nitrogen and oxygen atoms in total. The lowest BCUT2D eigenvalue weighted by molar-refractivity contribution is 0.0704. The van der Waals surface area contributed by atoms with E-state index in [0.29, 0.717) is 42.5 Å². The number of hydrogen-bond acceptors (Lipinski definition) is 5. The maximum absolute atomic E-state index is 12.7. The maximum atomic E-state index is 12.7. The molecule has 0 spiro atoms. The highest BCUT2D eigenvalue weighted by Gasteiger charge is 2.28. The molecule has 0 aliphatic carbocycles. The van der Waals surface area contributed by atoms with E-state index in [0.717, 1.165) is 24.8 Å². The van der Waals surface area contributed by atoms with Gasteiger partial charge in [-0.1, -0.05) is 65.8 Å². The van der Waals surface area contributed by atoms with Gasteiger partial charge in [0.2, 0.25) is 11.7 Å². The smallest absolute Gasteiger partial charge is 0.253 e. The second-order valence-corrected chi connectivity index (χ2v) is 8.96. The van der Waals surface area contributed by atoms with Gasteiger partial charge < -0.3 is 14.7 Å². The fourth-order valence-corrected chi connectivity index (χ4v) is 4.45. The Balaban J connectivity index is 1.14. The van der Waals surface area contributed by atoms with Crippen molar-refractivity contribution >= 4 is 11.8 Å². The van der Waals surface area contributed by atoms with E-state index >= 15 is 0 Å². The van der Waals surface area contributed by atoms with E-state index in [2.05, 4.69) is 15.5 Å². The summed E-state index contributed by atoms with van der Waals surface area (Å²) < 4.78 is 5.57. The van der Waals surface area contributed by atoms with E-state index in [1.165, 1.54) is 5.56 Å². The minimum Gasteiger partial charge on any atom is -0.352 e. The summed E-state index contributed by atoms with van der Waals surface area (Å²) >= 11 is 0. The fraction of sp³-hybridized carbons (Fsp3) is 0.241. The van der Waals surface area contributed by atoms with Gasteiger partial charge in [-0.2, -0.15) is 4.98 Å². The third-order valence-electron chi connectivity index (χ3n) is 6.54. The summed E-state index contributed by atoms with van der Waals surface area (Å²) in [5.41, 5.74) is 3.28. The highest BCUT2D eigenvalue weighted by atomic mass is 16.5. The van der Waals surface area contributed by atoms with Crippen LogP contribution in [0.5, 0.6) is 0 Å². The molecule has 0 atom stereocenters. The Labute approximate surface area is 210 Å². The highest BCUT2D eigenvalue weighted by molar-refractivity contribution is 5.95.